The molecule has 0 saturated heterocycles. The van der Waals surface area contributed by atoms with Crippen LogP contribution < -0.4 is 5.73 Å². The molecule has 0 bridgehead atoms. The van der Waals surface area contributed by atoms with Gasteiger partial charge >= 0.3 is 0 Å². The number of aromatic nitrogens is 2. The zero-order chi connectivity index (χ0) is 11.7. The number of anilines is 1. The summed E-state index contributed by atoms with van der Waals surface area (Å²) in [4.78, 5) is 8.46. The number of nitrogen functional groups attached to an aromatic ring is 1. The maximum absolute atomic E-state index is 5.83. The Labute approximate surface area is 106 Å². The molecule has 0 fully saturated rings. The van der Waals surface area contributed by atoms with Crippen LogP contribution in [0.25, 0.3) is 0 Å². The molecule has 0 radical (unpaired) electrons. The summed E-state index contributed by atoms with van der Waals surface area (Å²) in [5.41, 5.74) is 7.32. The molecule has 2 rings (SSSR count). The third kappa shape index (κ3) is 2.38. The molecular formula is C10H10BrN3OS. The van der Waals surface area contributed by atoms with Gasteiger partial charge in [0.15, 0.2) is 0 Å². The van der Waals surface area contributed by atoms with Crippen molar-refractivity contribution >= 4 is 33.4 Å². The van der Waals surface area contributed by atoms with Gasteiger partial charge in [0.25, 0.3) is 5.22 Å². The highest BCUT2D eigenvalue weighted by molar-refractivity contribution is 9.10. The summed E-state index contributed by atoms with van der Waals surface area (Å²) in [6.45, 7) is 3.78. The zero-order valence-electron chi connectivity index (χ0n) is 8.82. The van der Waals surface area contributed by atoms with E-state index in [0.29, 0.717) is 15.9 Å². The Morgan fingerprint density at radius 3 is 2.75 bits per heavy atom. The monoisotopic (exact) mass is 299 g/mol. The molecule has 0 aliphatic rings. The minimum atomic E-state index is 0.566. The SMILES string of the molecule is Cc1nc(Sc2ncc(Br)cc2N)oc1C. The van der Waals surface area contributed by atoms with Crippen LogP contribution in [-0.2, 0) is 0 Å². The Hall–Kier alpha value is -1.01. The summed E-state index contributed by atoms with van der Waals surface area (Å²) < 4.78 is 6.30. The molecule has 2 aromatic rings. The second-order valence-corrected chi connectivity index (χ2v) is 5.13. The van der Waals surface area contributed by atoms with Crippen LogP contribution in [-0.4, -0.2) is 9.97 Å². The highest BCUT2D eigenvalue weighted by atomic mass is 79.9. The van der Waals surface area contributed by atoms with Crippen molar-refractivity contribution in [1.82, 2.24) is 9.97 Å². The topological polar surface area (TPSA) is 64.9 Å². The molecule has 0 aromatic carbocycles. The van der Waals surface area contributed by atoms with Crippen molar-refractivity contribution < 1.29 is 4.42 Å². The Kier molecular flexibility index (Phi) is 3.20. The number of nitrogens with zero attached hydrogens (tertiary/aromatic N) is 2. The fourth-order valence-corrected chi connectivity index (χ4v) is 2.24. The van der Waals surface area contributed by atoms with Gasteiger partial charge in [-0.2, -0.15) is 0 Å². The molecule has 4 nitrogen and oxygen atoms in total. The standard InChI is InChI=1S/C10H10BrN3OS/c1-5-6(2)15-10(14-5)16-9-8(12)3-7(11)4-13-9/h3-4H,12H2,1-2H3. The molecule has 0 unspecified atom stereocenters. The normalized spacial score (nSPS) is 10.7. The van der Waals surface area contributed by atoms with E-state index in [-0.39, 0.29) is 0 Å². The number of halogens is 1. The van der Waals surface area contributed by atoms with Crippen LogP contribution in [0.15, 0.2) is 31.4 Å². The molecule has 0 atom stereocenters. The molecular weight excluding hydrogens is 290 g/mol. The summed E-state index contributed by atoms with van der Waals surface area (Å²) in [6, 6.07) is 1.80. The first-order chi connectivity index (χ1) is 7.56. The number of hydrogen-bond acceptors (Lipinski definition) is 5. The molecule has 84 valence electrons. The van der Waals surface area contributed by atoms with Crippen molar-refractivity contribution in [2.75, 3.05) is 5.73 Å². The third-order valence-corrected chi connectivity index (χ3v) is 3.36. The van der Waals surface area contributed by atoms with Crippen LogP contribution in [0.2, 0.25) is 0 Å². The van der Waals surface area contributed by atoms with Crippen molar-refractivity contribution in [3.8, 4) is 0 Å². The summed E-state index contributed by atoms with van der Waals surface area (Å²) in [6.07, 6.45) is 1.70. The van der Waals surface area contributed by atoms with Gasteiger partial charge in [-0.1, -0.05) is 0 Å². The van der Waals surface area contributed by atoms with E-state index in [4.69, 9.17) is 10.2 Å². The molecule has 2 aromatic heterocycles. The fourth-order valence-electron chi connectivity index (χ4n) is 1.10. The highest BCUT2D eigenvalue weighted by Gasteiger charge is 2.10. The average Bonchev–Trinajstić information content (AvgIpc) is 2.51. The van der Waals surface area contributed by atoms with Gasteiger partial charge in [-0.15, -0.1) is 0 Å². The van der Waals surface area contributed by atoms with Crippen LogP contribution in [0.3, 0.4) is 0 Å². The van der Waals surface area contributed by atoms with Gasteiger partial charge in [-0.25, -0.2) is 9.97 Å². The lowest BCUT2D eigenvalue weighted by molar-refractivity contribution is 0.431. The van der Waals surface area contributed by atoms with Crippen LogP contribution in [0.5, 0.6) is 0 Å². The molecule has 2 N–H and O–H groups in total. The molecule has 2 heterocycles. The van der Waals surface area contributed by atoms with Crippen molar-refractivity contribution in [1.29, 1.82) is 0 Å². The highest BCUT2D eigenvalue weighted by Crippen LogP contribution is 2.31. The lowest BCUT2D eigenvalue weighted by atomic mass is 10.4. The predicted molar refractivity (Wildman–Crippen MR) is 66.4 cm³/mol. The number of oxazole rings is 1. The van der Waals surface area contributed by atoms with Gasteiger partial charge in [0, 0.05) is 10.7 Å². The van der Waals surface area contributed by atoms with Crippen molar-refractivity contribution in [2.24, 2.45) is 0 Å². The van der Waals surface area contributed by atoms with Gasteiger partial charge in [0.1, 0.15) is 10.8 Å². The van der Waals surface area contributed by atoms with Crippen LogP contribution in [0.4, 0.5) is 5.69 Å². The first kappa shape index (κ1) is 11.5. The summed E-state index contributed by atoms with van der Waals surface area (Å²) in [5, 5.41) is 1.26. The number of hydrogen-bond donors (Lipinski definition) is 1. The Balaban J connectivity index is 2.27. The maximum atomic E-state index is 5.83. The van der Waals surface area contributed by atoms with Crippen LogP contribution in [0.1, 0.15) is 11.5 Å². The van der Waals surface area contributed by atoms with E-state index in [1.165, 1.54) is 11.8 Å². The van der Waals surface area contributed by atoms with E-state index in [1.807, 2.05) is 13.8 Å². The Morgan fingerprint density at radius 2 is 2.19 bits per heavy atom. The smallest absolute Gasteiger partial charge is 0.262 e. The fraction of sp³-hybridized carbons (Fsp3) is 0.200. The first-order valence-electron chi connectivity index (χ1n) is 4.59. The number of nitrogens with two attached hydrogens (primary N) is 1. The van der Waals surface area contributed by atoms with E-state index in [2.05, 4.69) is 25.9 Å². The van der Waals surface area contributed by atoms with Gasteiger partial charge in [0.2, 0.25) is 0 Å². The molecule has 16 heavy (non-hydrogen) atoms. The molecule has 0 aliphatic heterocycles. The van der Waals surface area contributed by atoms with Crippen LogP contribution >= 0.6 is 27.7 Å². The van der Waals surface area contributed by atoms with Gasteiger partial charge in [-0.05, 0) is 47.6 Å². The second-order valence-electron chi connectivity index (χ2n) is 3.27. The minimum absolute atomic E-state index is 0.566. The van der Waals surface area contributed by atoms with E-state index in [9.17, 15) is 0 Å². The largest absolute Gasteiger partial charge is 0.436 e. The van der Waals surface area contributed by atoms with Gasteiger partial charge in [-0.3, -0.25) is 0 Å². The van der Waals surface area contributed by atoms with Crippen molar-refractivity contribution in [3.05, 3.63) is 28.2 Å². The molecule has 0 saturated carbocycles. The second kappa shape index (κ2) is 4.47. The van der Waals surface area contributed by atoms with Gasteiger partial charge in [0.05, 0.1) is 11.4 Å². The predicted octanol–water partition coefficient (Wildman–Crippen LogP) is 3.18. The number of pyridine rings is 1. The lowest BCUT2D eigenvalue weighted by Crippen LogP contribution is -1.91. The minimum Gasteiger partial charge on any atom is -0.436 e. The zero-order valence-corrected chi connectivity index (χ0v) is 11.2. The van der Waals surface area contributed by atoms with Crippen molar-refractivity contribution in [2.45, 2.75) is 24.1 Å². The van der Waals surface area contributed by atoms with Crippen LogP contribution in [0, 0.1) is 13.8 Å². The molecule has 6 heteroatoms. The summed E-state index contributed by atoms with van der Waals surface area (Å²) in [7, 11) is 0. The molecule has 0 amide bonds. The molecule has 0 spiro atoms. The average molecular weight is 300 g/mol. The van der Waals surface area contributed by atoms with E-state index in [1.54, 1.807) is 12.3 Å². The van der Waals surface area contributed by atoms with E-state index >= 15 is 0 Å². The van der Waals surface area contributed by atoms with Crippen molar-refractivity contribution in [3.63, 3.8) is 0 Å². The lowest BCUT2D eigenvalue weighted by Gasteiger charge is -2.01. The van der Waals surface area contributed by atoms with E-state index in [0.717, 1.165) is 15.9 Å². The number of aryl methyl sites for hydroxylation is 2. The molecule has 0 aliphatic carbocycles. The Morgan fingerprint density at radius 1 is 1.44 bits per heavy atom. The summed E-state index contributed by atoms with van der Waals surface area (Å²) >= 11 is 4.63. The van der Waals surface area contributed by atoms with Gasteiger partial charge < -0.3 is 10.2 Å². The summed E-state index contributed by atoms with van der Waals surface area (Å²) in [5.74, 6) is 0.818. The first-order valence-corrected chi connectivity index (χ1v) is 6.20. The maximum Gasteiger partial charge on any atom is 0.262 e. The third-order valence-electron chi connectivity index (χ3n) is 2.04. The van der Waals surface area contributed by atoms with E-state index < -0.39 is 0 Å². The number of rotatable bonds is 2. The quantitative estimate of drug-likeness (QED) is 0.922. The Bertz CT molecular complexity index is 507.